The van der Waals surface area contributed by atoms with Crippen LogP contribution in [0.25, 0.3) is 11.0 Å². The number of carbonyl (C=O) groups is 3. The van der Waals surface area contributed by atoms with E-state index in [1.54, 1.807) is 24.3 Å². The van der Waals surface area contributed by atoms with Crippen LogP contribution in [0.1, 0.15) is 41.9 Å². The number of aromatic amines is 1. The van der Waals surface area contributed by atoms with Gasteiger partial charge < -0.3 is 20.9 Å². The second-order valence-electron chi connectivity index (χ2n) is 7.63. The molecule has 0 aliphatic carbocycles. The number of hydrogen-bond donors (Lipinski definition) is 4. The van der Waals surface area contributed by atoms with Gasteiger partial charge in [-0.05, 0) is 37.1 Å². The number of para-hydroxylation sites is 3. The van der Waals surface area contributed by atoms with Crippen LogP contribution in [0.4, 0.5) is 5.69 Å². The van der Waals surface area contributed by atoms with Gasteiger partial charge in [-0.2, -0.15) is 0 Å². The summed E-state index contributed by atoms with van der Waals surface area (Å²) >= 11 is 0. The van der Waals surface area contributed by atoms with Crippen LogP contribution in [-0.4, -0.2) is 40.3 Å². The summed E-state index contributed by atoms with van der Waals surface area (Å²) in [5.41, 5.74) is 2.87. The monoisotopic (exact) mass is 419 g/mol. The van der Waals surface area contributed by atoms with E-state index in [2.05, 4.69) is 25.9 Å². The van der Waals surface area contributed by atoms with Crippen molar-refractivity contribution in [1.82, 2.24) is 20.6 Å². The van der Waals surface area contributed by atoms with E-state index in [9.17, 15) is 14.4 Å². The highest BCUT2D eigenvalue weighted by Crippen LogP contribution is 2.18. The molecule has 0 saturated heterocycles. The zero-order valence-electron chi connectivity index (χ0n) is 17.1. The molecule has 8 heteroatoms. The number of H-pyrrole nitrogens is 1. The lowest BCUT2D eigenvalue weighted by Crippen LogP contribution is -2.44. The summed E-state index contributed by atoms with van der Waals surface area (Å²) in [7, 11) is 0. The largest absolute Gasteiger partial charge is 0.356 e. The summed E-state index contributed by atoms with van der Waals surface area (Å²) in [5, 5.41) is 8.17. The zero-order valence-corrected chi connectivity index (χ0v) is 17.1. The Balaban J connectivity index is 1.16. The van der Waals surface area contributed by atoms with E-state index >= 15 is 0 Å². The number of aromatic nitrogens is 2. The number of rotatable bonds is 8. The molecule has 1 aliphatic rings. The Morgan fingerprint density at radius 2 is 1.81 bits per heavy atom. The van der Waals surface area contributed by atoms with E-state index in [1.165, 1.54) is 0 Å². The molecular weight excluding hydrogens is 394 g/mol. The van der Waals surface area contributed by atoms with Gasteiger partial charge in [-0.25, -0.2) is 4.98 Å². The molecule has 1 aromatic heterocycles. The predicted molar refractivity (Wildman–Crippen MR) is 118 cm³/mol. The molecule has 3 aromatic rings. The average Bonchev–Trinajstić information content (AvgIpc) is 3.14. The number of aryl methyl sites for hydroxylation is 1. The van der Waals surface area contributed by atoms with Crippen LogP contribution >= 0.6 is 0 Å². The second-order valence-corrected chi connectivity index (χ2v) is 7.63. The van der Waals surface area contributed by atoms with Gasteiger partial charge in [0.05, 0.1) is 28.7 Å². The van der Waals surface area contributed by atoms with Crippen molar-refractivity contribution in [2.45, 2.75) is 38.1 Å². The van der Waals surface area contributed by atoms with Crippen LogP contribution in [0.5, 0.6) is 0 Å². The molecule has 0 fully saturated rings. The minimum atomic E-state index is -0.895. The first kappa shape index (κ1) is 20.6. The summed E-state index contributed by atoms with van der Waals surface area (Å²) in [6, 6.07) is 13.8. The molecule has 31 heavy (non-hydrogen) atoms. The lowest BCUT2D eigenvalue weighted by molar-refractivity contribution is -0.125. The van der Waals surface area contributed by atoms with E-state index < -0.39 is 6.04 Å². The molecule has 1 atom stereocenters. The second kappa shape index (κ2) is 9.42. The Kier molecular flexibility index (Phi) is 6.26. The van der Waals surface area contributed by atoms with Crippen molar-refractivity contribution < 1.29 is 14.4 Å². The third kappa shape index (κ3) is 5.09. The molecule has 2 heterocycles. The van der Waals surface area contributed by atoms with E-state index in [0.717, 1.165) is 42.5 Å². The van der Waals surface area contributed by atoms with Gasteiger partial charge in [0.2, 0.25) is 11.8 Å². The van der Waals surface area contributed by atoms with Crippen molar-refractivity contribution in [1.29, 1.82) is 0 Å². The SMILES string of the molecule is O=C(C[C@@H]1NC(=O)c2ccccc2NC1=O)NCCCCCc1nc2ccccc2[nH]1. The van der Waals surface area contributed by atoms with Gasteiger partial charge in [-0.3, -0.25) is 14.4 Å². The number of imidazole rings is 1. The highest BCUT2D eigenvalue weighted by molar-refractivity contribution is 6.10. The lowest BCUT2D eigenvalue weighted by atomic mass is 10.1. The molecule has 8 nitrogen and oxygen atoms in total. The van der Waals surface area contributed by atoms with E-state index in [1.807, 2.05) is 24.3 Å². The molecule has 1 aliphatic heterocycles. The van der Waals surface area contributed by atoms with Crippen LogP contribution in [0.15, 0.2) is 48.5 Å². The topological polar surface area (TPSA) is 116 Å². The molecule has 2 aromatic carbocycles. The van der Waals surface area contributed by atoms with Crippen LogP contribution in [0.2, 0.25) is 0 Å². The Morgan fingerprint density at radius 3 is 2.68 bits per heavy atom. The molecule has 4 N–H and O–H groups in total. The molecule has 4 rings (SSSR count). The summed E-state index contributed by atoms with van der Waals surface area (Å²) in [6.07, 6.45) is 3.52. The molecule has 0 unspecified atom stereocenters. The molecule has 0 radical (unpaired) electrons. The molecule has 160 valence electrons. The molecule has 0 saturated carbocycles. The number of hydrogen-bond acceptors (Lipinski definition) is 4. The predicted octanol–water partition coefficient (Wildman–Crippen LogP) is 2.53. The van der Waals surface area contributed by atoms with E-state index in [0.29, 0.717) is 17.8 Å². The number of anilines is 1. The van der Waals surface area contributed by atoms with Crippen molar-refractivity contribution >= 4 is 34.4 Å². The van der Waals surface area contributed by atoms with Crippen LogP contribution in [0, 0.1) is 0 Å². The van der Waals surface area contributed by atoms with Crippen molar-refractivity contribution in [2.75, 3.05) is 11.9 Å². The van der Waals surface area contributed by atoms with E-state index in [-0.39, 0.29) is 24.1 Å². The third-order valence-electron chi connectivity index (χ3n) is 5.29. The third-order valence-corrected chi connectivity index (χ3v) is 5.29. The normalized spacial score (nSPS) is 15.7. The Morgan fingerprint density at radius 1 is 1.00 bits per heavy atom. The molecule has 3 amide bonds. The molecular formula is C23H25N5O3. The smallest absolute Gasteiger partial charge is 0.254 e. The van der Waals surface area contributed by atoms with Crippen molar-refractivity contribution in [3.05, 3.63) is 59.9 Å². The van der Waals surface area contributed by atoms with Gasteiger partial charge >= 0.3 is 0 Å². The fourth-order valence-corrected chi connectivity index (χ4v) is 3.66. The summed E-state index contributed by atoms with van der Waals surface area (Å²) in [6.45, 7) is 0.529. The number of benzene rings is 2. The molecule has 0 spiro atoms. The highest BCUT2D eigenvalue weighted by Gasteiger charge is 2.29. The summed E-state index contributed by atoms with van der Waals surface area (Å²) < 4.78 is 0. The van der Waals surface area contributed by atoms with Gasteiger partial charge in [0.1, 0.15) is 11.9 Å². The quantitative estimate of drug-likeness (QED) is 0.420. The van der Waals surface area contributed by atoms with Crippen LogP contribution in [-0.2, 0) is 16.0 Å². The minimum absolute atomic E-state index is 0.0927. The maximum Gasteiger partial charge on any atom is 0.254 e. The first-order chi connectivity index (χ1) is 15.1. The summed E-state index contributed by atoms with van der Waals surface area (Å²) in [4.78, 5) is 44.8. The van der Waals surface area contributed by atoms with Crippen molar-refractivity contribution in [2.24, 2.45) is 0 Å². The standard InChI is InChI=1S/C23H25N5O3/c29-21(14-19-23(31)27-16-9-4-3-8-15(16)22(30)28-19)24-13-7-1-2-12-20-25-17-10-5-6-11-18(17)26-20/h3-6,8-11,19H,1-2,7,12-14H2,(H,24,29)(H,25,26)(H,27,31)(H,28,30)/t19-/m0/s1. The van der Waals surface area contributed by atoms with Gasteiger partial charge in [-0.1, -0.05) is 30.7 Å². The number of fused-ring (bicyclic) bond motifs is 2. The summed E-state index contributed by atoms with van der Waals surface area (Å²) in [5.74, 6) is -0.0401. The van der Waals surface area contributed by atoms with Crippen molar-refractivity contribution in [3.63, 3.8) is 0 Å². The Bertz CT molecular complexity index is 1070. The number of unbranched alkanes of at least 4 members (excludes halogenated alkanes) is 2. The lowest BCUT2D eigenvalue weighted by Gasteiger charge is -2.14. The number of amides is 3. The Labute approximate surface area is 179 Å². The van der Waals surface area contributed by atoms with Gasteiger partial charge in [0.15, 0.2) is 0 Å². The van der Waals surface area contributed by atoms with E-state index in [4.69, 9.17) is 0 Å². The fourth-order valence-electron chi connectivity index (χ4n) is 3.66. The number of carbonyl (C=O) groups excluding carboxylic acids is 3. The highest BCUT2D eigenvalue weighted by atomic mass is 16.2. The first-order valence-electron chi connectivity index (χ1n) is 10.5. The van der Waals surface area contributed by atoms with Crippen LogP contribution in [0.3, 0.4) is 0 Å². The number of nitrogens with one attached hydrogen (secondary N) is 4. The van der Waals surface area contributed by atoms with Gasteiger partial charge in [0, 0.05) is 13.0 Å². The van der Waals surface area contributed by atoms with Crippen molar-refractivity contribution in [3.8, 4) is 0 Å². The maximum atomic E-state index is 12.4. The first-order valence-corrected chi connectivity index (χ1v) is 10.5. The number of nitrogens with zero attached hydrogens (tertiary/aromatic N) is 1. The molecule has 0 bridgehead atoms. The minimum Gasteiger partial charge on any atom is -0.356 e. The average molecular weight is 419 g/mol. The Hall–Kier alpha value is -3.68. The zero-order chi connectivity index (χ0) is 21.6. The maximum absolute atomic E-state index is 12.4. The van der Waals surface area contributed by atoms with Crippen LogP contribution < -0.4 is 16.0 Å². The van der Waals surface area contributed by atoms with Gasteiger partial charge in [0.25, 0.3) is 5.91 Å². The van der Waals surface area contributed by atoms with Gasteiger partial charge in [-0.15, -0.1) is 0 Å². The fraction of sp³-hybridized carbons (Fsp3) is 0.304.